The molecule has 1 aliphatic rings. The van der Waals surface area contributed by atoms with Crippen LogP contribution >= 0.6 is 0 Å². The molecule has 1 heterocycles. The van der Waals surface area contributed by atoms with Gasteiger partial charge in [-0.3, -0.25) is 0 Å². The van der Waals surface area contributed by atoms with Gasteiger partial charge in [0.25, 0.3) is 0 Å². The molecule has 0 N–H and O–H groups in total. The van der Waals surface area contributed by atoms with Crippen LogP contribution in [0.4, 0.5) is 11.4 Å². The molecule has 136 valence electrons. The molecule has 1 aliphatic heterocycles. The minimum atomic E-state index is -3.97. The third-order valence-electron chi connectivity index (χ3n) is 3.98. The van der Waals surface area contributed by atoms with Gasteiger partial charge in [-0.25, -0.2) is 13.2 Å². The minimum absolute atomic E-state index is 0.0256. The van der Waals surface area contributed by atoms with Crippen molar-refractivity contribution in [3.8, 4) is 11.5 Å². The van der Waals surface area contributed by atoms with Gasteiger partial charge in [-0.05, 0) is 24.3 Å². The molecule has 0 saturated carbocycles. The lowest BCUT2D eigenvalue weighted by Gasteiger charge is -2.28. The van der Waals surface area contributed by atoms with Crippen LogP contribution in [0.25, 0.3) is 0 Å². The van der Waals surface area contributed by atoms with Crippen LogP contribution in [-0.4, -0.2) is 35.7 Å². The number of hydrogen-bond donors (Lipinski definition) is 0. The number of rotatable bonds is 4. The highest BCUT2D eigenvalue weighted by atomic mass is 32.2. The maximum Gasteiger partial charge on any atom is 0.351 e. The van der Waals surface area contributed by atoms with E-state index in [2.05, 4.69) is 4.74 Å². The van der Waals surface area contributed by atoms with Crippen molar-refractivity contribution in [3.63, 3.8) is 0 Å². The SMILES string of the molecule is COC(=O)C1=CN(c2ccc(OC)c(OC)c2)c2ccccc2S1(=O)=O. The monoisotopic (exact) mass is 375 g/mol. The lowest BCUT2D eigenvalue weighted by atomic mass is 10.2. The molecule has 2 aromatic carbocycles. The highest BCUT2D eigenvalue weighted by molar-refractivity contribution is 7.96. The summed E-state index contributed by atoms with van der Waals surface area (Å²) in [6, 6.07) is 11.6. The van der Waals surface area contributed by atoms with E-state index < -0.39 is 20.7 Å². The molecular weight excluding hydrogens is 358 g/mol. The molecule has 2 aromatic rings. The highest BCUT2D eigenvalue weighted by Crippen LogP contribution is 2.41. The third kappa shape index (κ3) is 2.78. The van der Waals surface area contributed by atoms with Crippen LogP contribution in [0.15, 0.2) is 58.5 Å². The van der Waals surface area contributed by atoms with Gasteiger partial charge in [-0.2, -0.15) is 0 Å². The summed E-state index contributed by atoms with van der Waals surface area (Å²) in [5, 5.41) is 0. The fourth-order valence-electron chi connectivity index (χ4n) is 2.71. The van der Waals surface area contributed by atoms with Crippen molar-refractivity contribution in [2.45, 2.75) is 4.90 Å². The van der Waals surface area contributed by atoms with Gasteiger partial charge in [0.2, 0.25) is 9.84 Å². The van der Waals surface area contributed by atoms with Gasteiger partial charge in [-0.1, -0.05) is 12.1 Å². The second-order valence-electron chi connectivity index (χ2n) is 5.37. The minimum Gasteiger partial charge on any atom is -0.493 e. The molecule has 0 saturated heterocycles. The summed E-state index contributed by atoms with van der Waals surface area (Å²) in [4.78, 5) is 13.2. The van der Waals surface area contributed by atoms with Crippen molar-refractivity contribution in [2.75, 3.05) is 26.2 Å². The van der Waals surface area contributed by atoms with Crippen molar-refractivity contribution in [1.29, 1.82) is 0 Å². The number of hydrogen-bond acceptors (Lipinski definition) is 7. The van der Waals surface area contributed by atoms with Gasteiger partial charge in [0, 0.05) is 18.0 Å². The maximum absolute atomic E-state index is 12.8. The predicted octanol–water partition coefficient (Wildman–Crippen LogP) is 2.64. The van der Waals surface area contributed by atoms with Gasteiger partial charge >= 0.3 is 5.97 Å². The topological polar surface area (TPSA) is 82.1 Å². The number of esters is 1. The Kier molecular flexibility index (Phi) is 4.60. The van der Waals surface area contributed by atoms with Crippen LogP contribution in [0.5, 0.6) is 11.5 Å². The Morgan fingerprint density at radius 2 is 1.65 bits per heavy atom. The van der Waals surface area contributed by atoms with E-state index in [9.17, 15) is 13.2 Å². The van der Waals surface area contributed by atoms with E-state index >= 15 is 0 Å². The molecule has 0 aromatic heterocycles. The highest BCUT2D eigenvalue weighted by Gasteiger charge is 2.36. The Morgan fingerprint density at radius 1 is 0.962 bits per heavy atom. The molecule has 0 radical (unpaired) electrons. The Hall–Kier alpha value is -3.00. The number of nitrogens with zero attached hydrogens (tertiary/aromatic N) is 1. The van der Waals surface area contributed by atoms with Crippen LogP contribution in [0.2, 0.25) is 0 Å². The summed E-state index contributed by atoms with van der Waals surface area (Å²) in [6.07, 6.45) is 1.25. The van der Waals surface area contributed by atoms with Crippen molar-refractivity contribution < 1.29 is 27.4 Å². The zero-order valence-corrected chi connectivity index (χ0v) is 15.2. The molecule has 0 bridgehead atoms. The Labute approximate surface area is 151 Å². The van der Waals surface area contributed by atoms with E-state index in [0.717, 1.165) is 7.11 Å². The average molecular weight is 375 g/mol. The lowest BCUT2D eigenvalue weighted by molar-refractivity contribution is -0.135. The van der Waals surface area contributed by atoms with Crippen molar-refractivity contribution in [2.24, 2.45) is 0 Å². The van der Waals surface area contributed by atoms with Crippen LogP contribution in [0, 0.1) is 0 Å². The second-order valence-corrected chi connectivity index (χ2v) is 7.25. The van der Waals surface area contributed by atoms with Gasteiger partial charge < -0.3 is 19.1 Å². The summed E-state index contributed by atoms with van der Waals surface area (Å²) in [7, 11) is 0.193. The van der Waals surface area contributed by atoms with Crippen LogP contribution in [0.3, 0.4) is 0 Å². The first-order valence-electron chi connectivity index (χ1n) is 7.59. The number of para-hydroxylation sites is 1. The van der Waals surface area contributed by atoms with Gasteiger partial charge in [0.15, 0.2) is 16.4 Å². The van der Waals surface area contributed by atoms with Crippen molar-refractivity contribution >= 4 is 27.2 Å². The van der Waals surface area contributed by atoms with Crippen molar-refractivity contribution in [3.05, 3.63) is 53.6 Å². The first-order chi connectivity index (χ1) is 12.4. The molecule has 0 spiro atoms. The van der Waals surface area contributed by atoms with E-state index in [1.54, 1.807) is 41.3 Å². The average Bonchev–Trinajstić information content (AvgIpc) is 2.67. The number of benzene rings is 2. The van der Waals surface area contributed by atoms with E-state index in [1.807, 2.05) is 0 Å². The summed E-state index contributed by atoms with van der Waals surface area (Å²) in [5.41, 5.74) is 1.03. The molecule has 0 amide bonds. The molecule has 0 unspecified atom stereocenters. The number of anilines is 2. The van der Waals surface area contributed by atoms with Gasteiger partial charge in [0.05, 0.1) is 31.9 Å². The number of carbonyl (C=O) groups is 1. The second kappa shape index (κ2) is 6.72. The summed E-state index contributed by atoms with van der Waals surface area (Å²) >= 11 is 0. The van der Waals surface area contributed by atoms with Gasteiger partial charge in [0.1, 0.15) is 0 Å². The predicted molar refractivity (Wildman–Crippen MR) is 95.4 cm³/mol. The van der Waals surface area contributed by atoms with Gasteiger partial charge in [-0.15, -0.1) is 0 Å². The molecule has 0 aliphatic carbocycles. The number of sulfone groups is 1. The zero-order chi connectivity index (χ0) is 18.9. The van der Waals surface area contributed by atoms with E-state index in [4.69, 9.17) is 9.47 Å². The number of fused-ring (bicyclic) bond motifs is 1. The van der Waals surface area contributed by atoms with E-state index in [-0.39, 0.29) is 4.90 Å². The Balaban J connectivity index is 2.24. The first kappa shape index (κ1) is 17.8. The quantitative estimate of drug-likeness (QED) is 0.760. The van der Waals surface area contributed by atoms with E-state index in [1.165, 1.54) is 26.5 Å². The number of ether oxygens (including phenoxy) is 3. The summed E-state index contributed by atoms with van der Waals surface area (Å²) < 4.78 is 40.7. The molecule has 0 fully saturated rings. The normalized spacial score (nSPS) is 14.9. The van der Waals surface area contributed by atoms with Crippen LogP contribution in [-0.2, 0) is 19.4 Å². The fourth-order valence-corrected chi connectivity index (χ4v) is 4.19. The number of methoxy groups -OCH3 is 3. The van der Waals surface area contributed by atoms with Crippen LogP contribution < -0.4 is 14.4 Å². The van der Waals surface area contributed by atoms with E-state index in [0.29, 0.717) is 22.9 Å². The smallest absolute Gasteiger partial charge is 0.351 e. The molecule has 8 heteroatoms. The standard InChI is InChI=1S/C18H17NO6S/c1-23-14-9-8-12(10-15(14)24-2)19-11-17(18(20)25-3)26(21,22)16-7-5-4-6-13(16)19/h4-11H,1-3H3. The third-order valence-corrected chi connectivity index (χ3v) is 5.76. The first-order valence-corrected chi connectivity index (χ1v) is 9.08. The summed E-state index contributed by atoms with van der Waals surface area (Å²) in [5.74, 6) is 0.0836. The maximum atomic E-state index is 12.8. The lowest BCUT2D eigenvalue weighted by Crippen LogP contribution is -2.26. The van der Waals surface area contributed by atoms with Crippen LogP contribution in [0.1, 0.15) is 0 Å². The number of carbonyl (C=O) groups excluding carboxylic acids is 1. The van der Waals surface area contributed by atoms with Crippen molar-refractivity contribution in [1.82, 2.24) is 0 Å². The Bertz CT molecular complexity index is 996. The zero-order valence-electron chi connectivity index (χ0n) is 14.4. The molecule has 0 atom stereocenters. The molecule has 26 heavy (non-hydrogen) atoms. The fraction of sp³-hybridized carbons (Fsp3) is 0.167. The summed E-state index contributed by atoms with van der Waals surface area (Å²) in [6.45, 7) is 0. The largest absolute Gasteiger partial charge is 0.493 e. The Morgan fingerprint density at radius 3 is 2.31 bits per heavy atom. The molecule has 7 nitrogen and oxygen atoms in total. The molecule has 3 rings (SSSR count). The molecular formula is C18H17NO6S.